The lowest BCUT2D eigenvalue weighted by Gasteiger charge is -2.63. The van der Waals surface area contributed by atoms with Gasteiger partial charge in [0.2, 0.25) is 11.8 Å². The van der Waals surface area contributed by atoms with E-state index in [9.17, 15) is 9.59 Å². The lowest BCUT2D eigenvalue weighted by molar-refractivity contribution is -0.189. The molecular weight excluding hydrogens is 348 g/mol. The van der Waals surface area contributed by atoms with E-state index >= 15 is 0 Å². The van der Waals surface area contributed by atoms with E-state index in [0.717, 1.165) is 25.7 Å². The molecule has 2 atom stereocenters. The first kappa shape index (κ1) is 25.0. The smallest absolute Gasteiger partial charge is 0.225 e. The SMILES string of the molecule is CC(C)CC1(CC(C)C)CCCC(CC(C)C)(C(N)=O)C1(CC(C)C)C(N)=O. The average Bonchev–Trinajstić information content (AvgIpc) is 2.47. The highest BCUT2D eigenvalue weighted by atomic mass is 16.2. The average molecular weight is 395 g/mol. The Bertz CT molecular complexity index is 543. The Morgan fingerprint density at radius 1 is 0.679 bits per heavy atom. The van der Waals surface area contributed by atoms with Crippen LogP contribution in [0.3, 0.4) is 0 Å². The number of primary amides is 2. The van der Waals surface area contributed by atoms with Gasteiger partial charge >= 0.3 is 0 Å². The van der Waals surface area contributed by atoms with Crippen LogP contribution in [0.2, 0.25) is 0 Å². The van der Waals surface area contributed by atoms with Crippen LogP contribution in [0.1, 0.15) is 100 Å². The van der Waals surface area contributed by atoms with Gasteiger partial charge in [-0.25, -0.2) is 0 Å². The van der Waals surface area contributed by atoms with Crippen LogP contribution in [0.15, 0.2) is 0 Å². The molecule has 0 bridgehead atoms. The van der Waals surface area contributed by atoms with Gasteiger partial charge in [0.15, 0.2) is 0 Å². The molecule has 2 amide bonds. The summed E-state index contributed by atoms with van der Waals surface area (Å²) in [7, 11) is 0. The molecular formula is C24H46N2O2. The summed E-state index contributed by atoms with van der Waals surface area (Å²) in [5, 5.41) is 0. The van der Waals surface area contributed by atoms with Crippen molar-refractivity contribution in [2.24, 2.45) is 51.4 Å². The third kappa shape index (κ3) is 4.41. The molecule has 4 nitrogen and oxygen atoms in total. The largest absolute Gasteiger partial charge is 0.369 e. The fraction of sp³-hybridized carbons (Fsp3) is 0.917. The first-order valence-electron chi connectivity index (χ1n) is 11.4. The summed E-state index contributed by atoms with van der Waals surface area (Å²) in [5.74, 6) is 0.751. The summed E-state index contributed by atoms with van der Waals surface area (Å²) in [6.45, 7) is 17.4. The number of carbonyl (C=O) groups is 2. The number of carbonyl (C=O) groups excluding carboxylic acids is 2. The molecule has 0 saturated heterocycles. The summed E-state index contributed by atoms with van der Waals surface area (Å²) < 4.78 is 0. The maximum absolute atomic E-state index is 13.5. The maximum atomic E-state index is 13.5. The van der Waals surface area contributed by atoms with E-state index in [0.29, 0.717) is 31.1 Å². The van der Waals surface area contributed by atoms with Gasteiger partial charge in [-0.3, -0.25) is 9.59 Å². The van der Waals surface area contributed by atoms with Crippen molar-refractivity contribution in [1.82, 2.24) is 0 Å². The first-order valence-corrected chi connectivity index (χ1v) is 11.4. The predicted molar refractivity (Wildman–Crippen MR) is 117 cm³/mol. The molecule has 1 aliphatic rings. The lowest BCUT2D eigenvalue weighted by Crippen LogP contribution is -2.68. The highest BCUT2D eigenvalue weighted by Crippen LogP contribution is 2.68. The van der Waals surface area contributed by atoms with E-state index in [1.807, 2.05) is 0 Å². The van der Waals surface area contributed by atoms with Crippen LogP contribution >= 0.6 is 0 Å². The second kappa shape index (κ2) is 9.17. The van der Waals surface area contributed by atoms with Crippen molar-refractivity contribution in [2.75, 3.05) is 0 Å². The van der Waals surface area contributed by atoms with Crippen molar-refractivity contribution >= 4 is 11.8 Å². The number of nitrogens with two attached hydrogens (primary N) is 2. The van der Waals surface area contributed by atoms with Crippen molar-refractivity contribution in [3.8, 4) is 0 Å². The molecule has 1 fully saturated rings. The van der Waals surface area contributed by atoms with Gasteiger partial charge in [-0.15, -0.1) is 0 Å². The third-order valence-corrected chi connectivity index (χ3v) is 6.94. The Balaban J connectivity index is 3.94. The number of hydrogen-bond acceptors (Lipinski definition) is 2. The molecule has 0 spiro atoms. The van der Waals surface area contributed by atoms with Gasteiger partial charge in [0.05, 0.1) is 10.8 Å². The van der Waals surface area contributed by atoms with Gasteiger partial charge in [0, 0.05) is 0 Å². The van der Waals surface area contributed by atoms with E-state index in [-0.39, 0.29) is 29.1 Å². The Labute approximate surface area is 173 Å². The Morgan fingerprint density at radius 3 is 1.43 bits per heavy atom. The zero-order chi connectivity index (χ0) is 21.9. The highest BCUT2D eigenvalue weighted by Gasteiger charge is 2.69. The maximum Gasteiger partial charge on any atom is 0.225 e. The summed E-state index contributed by atoms with van der Waals surface area (Å²) in [4.78, 5) is 26.7. The minimum Gasteiger partial charge on any atom is -0.369 e. The van der Waals surface area contributed by atoms with Gasteiger partial charge < -0.3 is 11.5 Å². The van der Waals surface area contributed by atoms with Crippen LogP contribution < -0.4 is 11.5 Å². The molecule has 0 aromatic rings. The van der Waals surface area contributed by atoms with Crippen LogP contribution in [-0.2, 0) is 9.59 Å². The predicted octanol–water partition coefficient (Wildman–Crippen LogP) is 5.28. The molecule has 1 rings (SSSR count). The van der Waals surface area contributed by atoms with Gasteiger partial charge in [-0.1, -0.05) is 61.8 Å². The normalized spacial score (nSPS) is 27.7. The molecule has 0 aromatic heterocycles. The monoisotopic (exact) mass is 394 g/mol. The summed E-state index contributed by atoms with van der Waals surface area (Å²) in [5.41, 5.74) is 10.5. The van der Waals surface area contributed by atoms with Crippen molar-refractivity contribution in [3.63, 3.8) is 0 Å². The minimum absolute atomic E-state index is 0.259. The number of hydrogen-bond donors (Lipinski definition) is 2. The van der Waals surface area contributed by atoms with Crippen molar-refractivity contribution in [3.05, 3.63) is 0 Å². The molecule has 1 saturated carbocycles. The molecule has 0 aliphatic heterocycles. The zero-order valence-electron chi connectivity index (χ0n) is 19.7. The number of amides is 2. The third-order valence-electron chi connectivity index (χ3n) is 6.94. The van der Waals surface area contributed by atoms with Crippen LogP contribution in [0.25, 0.3) is 0 Å². The molecule has 0 radical (unpaired) electrons. The Kier molecular flexibility index (Phi) is 8.18. The van der Waals surface area contributed by atoms with E-state index in [1.165, 1.54) is 0 Å². The standard InChI is InChI=1S/C24H46N2O2/c1-16(2)12-22(13-17(3)4)10-9-11-23(20(25)27,14-18(5)6)24(22,21(26)28)15-19(7)8/h16-19H,9-15H2,1-8H3,(H2,25,27)(H2,26,28). The Hall–Kier alpha value is -1.06. The molecule has 164 valence electrons. The molecule has 28 heavy (non-hydrogen) atoms. The van der Waals surface area contributed by atoms with Crippen molar-refractivity contribution < 1.29 is 9.59 Å². The second-order valence-electron chi connectivity index (χ2n) is 11.2. The molecule has 0 aromatic carbocycles. The van der Waals surface area contributed by atoms with Crippen molar-refractivity contribution in [1.29, 1.82) is 0 Å². The van der Waals surface area contributed by atoms with Crippen molar-refractivity contribution in [2.45, 2.75) is 100 Å². The molecule has 4 N–H and O–H groups in total. The lowest BCUT2D eigenvalue weighted by atomic mass is 9.38. The van der Waals surface area contributed by atoms with Gasteiger partial charge in [0.25, 0.3) is 0 Å². The summed E-state index contributed by atoms with van der Waals surface area (Å²) in [6.07, 6.45) is 5.65. The van der Waals surface area contributed by atoms with E-state index < -0.39 is 10.8 Å². The number of rotatable bonds is 10. The molecule has 4 heteroatoms. The van der Waals surface area contributed by atoms with Gasteiger partial charge in [-0.2, -0.15) is 0 Å². The zero-order valence-corrected chi connectivity index (χ0v) is 19.7. The minimum atomic E-state index is -0.892. The Morgan fingerprint density at radius 2 is 1.11 bits per heavy atom. The fourth-order valence-electron chi connectivity index (χ4n) is 6.89. The quantitative estimate of drug-likeness (QED) is 0.528. The van der Waals surface area contributed by atoms with E-state index in [4.69, 9.17) is 11.5 Å². The highest BCUT2D eigenvalue weighted by molar-refractivity contribution is 5.93. The first-order chi connectivity index (χ1) is 12.8. The topological polar surface area (TPSA) is 86.2 Å². The van der Waals surface area contributed by atoms with Crippen LogP contribution in [0.4, 0.5) is 0 Å². The van der Waals surface area contributed by atoms with Crippen LogP contribution in [0, 0.1) is 39.9 Å². The summed E-state index contributed by atoms with van der Waals surface area (Å²) in [6, 6.07) is 0. The van der Waals surface area contributed by atoms with E-state index in [2.05, 4.69) is 55.4 Å². The fourth-order valence-corrected chi connectivity index (χ4v) is 6.89. The van der Waals surface area contributed by atoms with Gasteiger partial charge in [0.1, 0.15) is 0 Å². The molecule has 1 aliphatic carbocycles. The summed E-state index contributed by atoms with van der Waals surface area (Å²) >= 11 is 0. The van der Waals surface area contributed by atoms with E-state index in [1.54, 1.807) is 0 Å². The van der Waals surface area contributed by atoms with Crippen LogP contribution in [0.5, 0.6) is 0 Å². The molecule has 0 heterocycles. The van der Waals surface area contributed by atoms with Crippen LogP contribution in [-0.4, -0.2) is 11.8 Å². The second-order valence-corrected chi connectivity index (χ2v) is 11.2. The molecule has 2 unspecified atom stereocenters. The van der Waals surface area contributed by atoms with Gasteiger partial charge in [-0.05, 0) is 67.6 Å².